The number of nitrogens with one attached hydrogen (secondary N) is 1. The largest absolute Gasteiger partial charge is 0.481 e. The molecule has 1 aliphatic heterocycles. The molecule has 0 bridgehead atoms. The van der Waals surface area contributed by atoms with Gasteiger partial charge in [-0.3, -0.25) is 4.79 Å². The molecule has 126 valence electrons. The maximum Gasteiger partial charge on any atom is 0.317 e. The molecular weight excluding hydrogens is 319 g/mol. The van der Waals surface area contributed by atoms with E-state index in [2.05, 4.69) is 5.32 Å². The summed E-state index contributed by atoms with van der Waals surface area (Å²) in [5.41, 5.74) is -0.197. The van der Waals surface area contributed by atoms with E-state index in [9.17, 15) is 14.0 Å². The zero-order chi connectivity index (χ0) is 16.9. The molecule has 1 fully saturated rings. The second-order valence-corrected chi connectivity index (χ2v) is 7.02. The molecule has 1 heterocycles. The number of hydrogen-bond donors (Lipinski definition) is 2. The first kappa shape index (κ1) is 17.6. The molecule has 5 nitrogen and oxygen atoms in total. The third-order valence-electron chi connectivity index (χ3n) is 4.01. The average molecular weight is 340 g/mol. The molecular formula is C16H21FN2O3S. The smallest absolute Gasteiger partial charge is 0.317 e. The number of aliphatic carboxylic acids is 1. The molecule has 1 aliphatic rings. The van der Waals surface area contributed by atoms with E-state index in [0.29, 0.717) is 36.6 Å². The number of nitrogens with zero attached hydrogens (tertiary/aromatic N) is 1. The molecule has 1 aromatic rings. The SMILES string of the molecule is CC1(C(=O)O)CCN(C(=O)NCCSCc2ccccc2F)C1. The van der Waals surface area contributed by atoms with Gasteiger partial charge in [-0.05, 0) is 25.0 Å². The maximum atomic E-state index is 13.4. The highest BCUT2D eigenvalue weighted by Crippen LogP contribution is 2.29. The molecule has 2 N–H and O–H groups in total. The summed E-state index contributed by atoms with van der Waals surface area (Å²) in [5, 5.41) is 11.9. The number of likely N-dealkylation sites (tertiary alicyclic amines) is 1. The minimum absolute atomic E-state index is 0.214. The van der Waals surface area contributed by atoms with Crippen LogP contribution in [0.5, 0.6) is 0 Å². The third-order valence-corrected chi connectivity index (χ3v) is 5.02. The Morgan fingerprint density at radius 2 is 2.17 bits per heavy atom. The fraction of sp³-hybridized carbons (Fsp3) is 0.500. The Hall–Kier alpha value is -1.76. The molecule has 23 heavy (non-hydrogen) atoms. The van der Waals surface area contributed by atoms with Gasteiger partial charge in [0.25, 0.3) is 0 Å². The van der Waals surface area contributed by atoms with Gasteiger partial charge in [-0.15, -0.1) is 0 Å². The van der Waals surface area contributed by atoms with Crippen LogP contribution in [0.2, 0.25) is 0 Å². The first-order valence-electron chi connectivity index (χ1n) is 7.50. The molecule has 1 saturated heterocycles. The molecule has 2 rings (SSSR count). The van der Waals surface area contributed by atoms with Crippen LogP contribution in [0.1, 0.15) is 18.9 Å². The van der Waals surface area contributed by atoms with Crippen LogP contribution in [0.4, 0.5) is 9.18 Å². The van der Waals surface area contributed by atoms with E-state index in [0.717, 1.165) is 0 Å². The van der Waals surface area contributed by atoms with Crippen LogP contribution in [0.15, 0.2) is 24.3 Å². The van der Waals surface area contributed by atoms with Crippen LogP contribution in [-0.2, 0) is 10.5 Å². The Labute approximate surface area is 139 Å². The first-order chi connectivity index (χ1) is 10.9. The fourth-order valence-corrected chi connectivity index (χ4v) is 3.29. The van der Waals surface area contributed by atoms with Crippen molar-refractivity contribution in [1.82, 2.24) is 10.2 Å². The van der Waals surface area contributed by atoms with E-state index in [1.54, 1.807) is 36.9 Å². The molecule has 0 saturated carbocycles. The van der Waals surface area contributed by atoms with Crippen molar-refractivity contribution in [3.63, 3.8) is 0 Å². The number of carboxylic acids is 1. The lowest BCUT2D eigenvalue weighted by molar-refractivity contribution is -0.146. The van der Waals surface area contributed by atoms with E-state index in [-0.39, 0.29) is 18.4 Å². The second kappa shape index (κ2) is 7.68. The number of carbonyl (C=O) groups excluding carboxylic acids is 1. The number of urea groups is 1. The molecule has 0 radical (unpaired) electrons. The summed E-state index contributed by atoms with van der Waals surface area (Å²) >= 11 is 1.54. The Kier molecular flexibility index (Phi) is 5.87. The van der Waals surface area contributed by atoms with Crippen LogP contribution in [0, 0.1) is 11.2 Å². The predicted molar refractivity (Wildman–Crippen MR) is 87.9 cm³/mol. The summed E-state index contributed by atoms with van der Waals surface area (Å²) in [6.07, 6.45) is 0.470. The lowest BCUT2D eigenvalue weighted by Crippen LogP contribution is -2.41. The number of hydrogen-bond acceptors (Lipinski definition) is 3. The summed E-state index contributed by atoms with van der Waals surface area (Å²) in [7, 11) is 0. The van der Waals surface area contributed by atoms with Gasteiger partial charge in [0, 0.05) is 31.1 Å². The van der Waals surface area contributed by atoms with Crippen LogP contribution < -0.4 is 5.32 Å². The van der Waals surface area contributed by atoms with Crippen molar-refractivity contribution in [2.24, 2.45) is 5.41 Å². The van der Waals surface area contributed by atoms with Gasteiger partial charge in [-0.2, -0.15) is 11.8 Å². The Balaban J connectivity index is 1.66. The highest BCUT2D eigenvalue weighted by atomic mass is 32.2. The monoisotopic (exact) mass is 340 g/mol. The molecule has 7 heteroatoms. The van der Waals surface area contributed by atoms with Crippen molar-refractivity contribution in [2.75, 3.05) is 25.4 Å². The summed E-state index contributed by atoms with van der Waals surface area (Å²) in [6.45, 7) is 2.82. The number of carboxylic acid groups (broad SMARTS) is 1. The molecule has 1 unspecified atom stereocenters. The van der Waals surface area contributed by atoms with Gasteiger partial charge in [0.15, 0.2) is 0 Å². The van der Waals surface area contributed by atoms with E-state index in [1.807, 2.05) is 0 Å². The van der Waals surface area contributed by atoms with E-state index < -0.39 is 11.4 Å². The molecule has 0 aliphatic carbocycles. The van der Waals surface area contributed by atoms with E-state index in [1.165, 1.54) is 11.0 Å². The van der Waals surface area contributed by atoms with E-state index >= 15 is 0 Å². The Bertz CT molecular complexity index is 584. The number of benzene rings is 1. The topological polar surface area (TPSA) is 69.6 Å². The fourth-order valence-electron chi connectivity index (χ4n) is 2.45. The number of rotatable bonds is 6. The summed E-state index contributed by atoms with van der Waals surface area (Å²) in [4.78, 5) is 24.7. The van der Waals surface area contributed by atoms with Crippen LogP contribution >= 0.6 is 11.8 Å². The van der Waals surface area contributed by atoms with Gasteiger partial charge in [-0.25, -0.2) is 9.18 Å². The molecule has 0 aromatic heterocycles. The summed E-state index contributed by atoms with van der Waals surface area (Å²) < 4.78 is 13.4. The lowest BCUT2D eigenvalue weighted by atomic mass is 9.90. The summed E-state index contributed by atoms with van der Waals surface area (Å²) in [6, 6.07) is 6.40. The maximum absolute atomic E-state index is 13.4. The van der Waals surface area contributed by atoms with Gasteiger partial charge in [0.2, 0.25) is 0 Å². The van der Waals surface area contributed by atoms with Crippen molar-refractivity contribution < 1.29 is 19.1 Å². The average Bonchev–Trinajstić information content (AvgIpc) is 2.92. The van der Waals surface area contributed by atoms with Crippen LogP contribution in [0.3, 0.4) is 0 Å². The van der Waals surface area contributed by atoms with Gasteiger partial charge in [0.05, 0.1) is 5.41 Å². The zero-order valence-corrected chi connectivity index (χ0v) is 13.9. The van der Waals surface area contributed by atoms with Gasteiger partial charge in [0.1, 0.15) is 5.82 Å². The zero-order valence-electron chi connectivity index (χ0n) is 13.0. The number of amides is 2. The normalized spacial score (nSPS) is 20.5. The standard InChI is InChI=1S/C16H21FN2O3S/c1-16(14(20)21)6-8-19(11-16)15(22)18-7-9-23-10-12-4-2-3-5-13(12)17/h2-5H,6-11H2,1H3,(H,18,22)(H,20,21). The first-order valence-corrected chi connectivity index (χ1v) is 8.65. The second-order valence-electron chi connectivity index (χ2n) is 5.91. The highest BCUT2D eigenvalue weighted by Gasteiger charge is 2.42. The summed E-state index contributed by atoms with van der Waals surface area (Å²) in [5.74, 6) is 0.148. The van der Waals surface area contributed by atoms with Gasteiger partial charge < -0.3 is 15.3 Å². The highest BCUT2D eigenvalue weighted by molar-refractivity contribution is 7.98. The van der Waals surface area contributed by atoms with E-state index in [4.69, 9.17) is 5.11 Å². The van der Waals surface area contributed by atoms with Gasteiger partial charge in [-0.1, -0.05) is 18.2 Å². The van der Waals surface area contributed by atoms with Crippen molar-refractivity contribution in [3.05, 3.63) is 35.6 Å². The van der Waals surface area contributed by atoms with Gasteiger partial charge >= 0.3 is 12.0 Å². The number of halogens is 1. The number of thioether (sulfide) groups is 1. The lowest BCUT2D eigenvalue weighted by Gasteiger charge is -2.20. The van der Waals surface area contributed by atoms with Crippen molar-refractivity contribution in [2.45, 2.75) is 19.1 Å². The predicted octanol–water partition coefficient (Wildman–Crippen LogP) is 2.57. The third kappa shape index (κ3) is 4.60. The minimum atomic E-state index is -0.867. The minimum Gasteiger partial charge on any atom is -0.481 e. The van der Waals surface area contributed by atoms with Crippen molar-refractivity contribution in [3.8, 4) is 0 Å². The molecule has 0 spiro atoms. The molecule has 1 atom stereocenters. The molecule has 1 aromatic carbocycles. The van der Waals surface area contributed by atoms with Crippen molar-refractivity contribution in [1.29, 1.82) is 0 Å². The molecule has 2 amide bonds. The number of carbonyl (C=O) groups is 2. The quantitative estimate of drug-likeness (QED) is 0.781. The van der Waals surface area contributed by atoms with Crippen LogP contribution in [-0.4, -0.2) is 47.4 Å². The van der Waals surface area contributed by atoms with Crippen molar-refractivity contribution >= 4 is 23.8 Å². The Morgan fingerprint density at radius 1 is 1.43 bits per heavy atom. The van der Waals surface area contributed by atoms with Crippen LogP contribution in [0.25, 0.3) is 0 Å². The Morgan fingerprint density at radius 3 is 2.83 bits per heavy atom.